The molecular weight excluding hydrogens is 342 g/mol. The summed E-state index contributed by atoms with van der Waals surface area (Å²) in [4.78, 5) is 14.8. The zero-order valence-electron chi connectivity index (χ0n) is 15.5. The number of fused-ring (bicyclic) bond motifs is 1. The third-order valence-corrected chi connectivity index (χ3v) is 4.95. The number of carbonyl (C=O) groups excluding carboxylic acids is 1. The van der Waals surface area contributed by atoms with Crippen LogP contribution in [-0.2, 0) is 6.54 Å². The lowest BCUT2D eigenvalue weighted by Crippen LogP contribution is -2.27. The van der Waals surface area contributed by atoms with Gasteiger partial charge in [0.25, 0.3) is 5.91 Å². The molecule has 1 unspecified atom stereocenters. The Kier molecular flexibility index (Phi) is 4.32. The summed E-state index contributed by atoms with van der Waals surface area (Å²) in [6.45, 7) is 2.55. The minimum Gasteiger partial charge on any atom is -0.497 e. The van der Waals surface area contributed by atoms with E-state index >= 15 is 0 Å². The van der Waals surface area contributed by atoms with Crippen LogP contribution >= 0.6 is 0 Å². The van der Waals surface area contributed by atoms with Crippen LogP contribution in [-0.4, -0.2) is 34.8 Å². The predicted molar refractivity (Wildman–Crippen MR) is 101 cm³/mol. The molecular formula is C21H21N3O3. The summed E-state index contributed by atoms with van der Waals surface area (Å²) >= 11 is 0. The van der Waals surface area contributed by atoms with E-state index in [1.807, 2.05) is 65.0 Å². The van der Waals surface area contributed by atoms with Crippen LogP contribution in [0.2, 0.25) is 0 Å². The SMILES string of the molecule is COc1cccc(CN2C(=O)c3cnn(-c4cccc(OC)c4)c3C2C)c1. The van der Waals surface area contributed by atoms with E-state index in [9.17, 15) is 4.79 Å². The van der Waals surface area contributed by atoms with Gasteiger partial charge in [-0.25, -0.2) is 4.68 Å². The van der Waals surface area contributed by atoms with Crippen molar-refractivity contribution in [3.05, 3.63) is 71.5 Å². The topological polar surface area (TPSA) is 56.6 Å². The number of methoxy groups -OCH3 is 2. The van der Waals surface area contributed by atoms with Crippen molar-refractivity contribution in [2.24, 2.45) is 0 Å². The van der Waals surface area contributed by atoms with Crippen LogP contribution in [0.3, 0.4) is 0 Å². The number of hydrogen-bond donors (Lipinski definition) is 0. The van der Waals surface area contributed by atoms with Crippen molar-refractivity contribution in [3.8, 4) is 17.2 Å². The van der Waals surface area contributed by atoms with Gasteiger partial charge in [0, 0.05) is 12.6 Å². The van der Waals surface area contributed by atoms with E-state index < -0.39 is 0 Å². The van der Waals surface area contributed by atoms with E-state index in [1.165, 1.54) is 0 Å². The van der Waals surface area contributed by atoms with Gasteiger partial charge in [0.05, 0.1) is 43.4 Å². The average molecular weight is 363 g/mol. The maximum atomic E-state index is 13.0. The molecule has 1 aromatic heterocycles. The van der Waals surface area contributed by atoms with E-state index in [4.69, 9.17) is 9.47 Å². The summed E-state index contributed by atoms with van der Waals surface area (Å²) < 4.78 is 12.4. The molecule has 0 fully saturated rings. The maximum absolute atomic E-state index is 13.0. The summed E-state index contributed by atoms with van der Waals surface area (Å²) in [6.07, 6.45) is 1.65. The highest BCUT2D eigenvalue weighted by Gasteiger charge is 2.38. The molecule has 0 radical (unpaired) electrons. The Morgan fingerprint density at radius 2 is 1.74 bits per heavy atom. The van der Waals surface area contributed by atoms with Crippen molar-refractivity contribution in [1.82, 2.24) is 14.7 Å². The molecule has 2 aromatic carbocycles. The molecule has 4 rings (SSSR count). The van der Waals surface area contributed by atoms with Gasteiger partial charge in [0.2, 0.25) is 0 Å². The van der Waals surface area contributed by atoms with Crippen molar-refractivity contribution in [2.75, 3.05) is 14.2 Å². The van der Waals surface area contributed by atoms with Crippen LogP contribution in [0.1, 0.15) is 34.6 Å². The predicted octanol–water partition coefficient (Wildman–Crippen LogP) is 3.61. The molecule has 0 N–H and O–H groups in total. The summed E-state index contributed by atoms with van der Waals surface area (Å²) in [7, 11) is 3.27. The Labute approximate surface area is 157 Å². The number of hydrogen-bond acceptors (Lipinski definition) is 4. The first-order valence-corrected chi connectivity index (χ1v) is 8.78. The molecule has 0 bridgehead atoms. The second-order valence-corrected chi connectivity index (χ2v) is 6.52. The second kappa shape index (κ2) is 6.79. The molecule has 27 heavy (non-hydrogen) atoms. The number of nitrogens with zero attached hydrogens (tertiary/aromatic N) is 3. The van der Waals surface area contributed by atoms with E-state index in [2.05, 4.69) is 5.10 Å². The van der Waals surface area contributed by atoms with E-state index in [-0.39, 0.29) is 11.9 Å². The molecule has 6 nitrogen and oxygen atoms in total. The zero-order chi connectivity index (χ0) is 19.0. The molecule has 1 aliphatic heterocycles. The summed E-state index contributed by atoms with van der Waals surface area (Å²) in [6, 6.07) is 15.4. The van der Waals surface area contributed by atoms with Crippen LogP contribution in [0.25, 0.3) is 5.69 Å². The minimum absolute atomic E-state index is 0.00512. The first-order valence-electron chi connectivity index (χ1n) is 8.78. The van der Waals surface area contributed by atoms with Crippen molar-refractivity contribution in [1.29, 1.82) is 0 Å². The van der Waals surface area contributed by atoms with Gasteiger partial charge in [-0.2, -0.15) is 5.10 Å². The molecule has 1 amide bonds. The zero-order valence-corrected chi connectivity index (χ0v) is 15.5. The molecule has 1 atom stereocenters. The Bertz CT molecular complexity index is 996. The van der Waals surface area contributed by atoms with Gasteiger partial charge in [-0.15, -0.1) is 0 Å². The Morgan fingerprint density at radius 3 is 2.48 bits per heavy atom. The second-order valence-electron chi connectivity index (χ2n) is 6.52. The highest BCUT2D eigenvalue weighted by molar-refractivity contribution is 5.98. The standard InChI is InChI=1S/C21H21N3O3/c1-14-20-19(12-22-24(20)16-7-5-9-18(11-16)27-3)21(25)23(14)13-15-6-4-8-17(10-15)26-2/h4-12,14H,13H2,1-3H3. The van der Waals surface area contributed by atoms with E-state index in [0.717, 1.165) is 28.4 Å². The third kappa shape index (κ3) is 2.93. The summed E-state index contributed by atoms with van der Waals surface area (Å²) in [5, 5.41) is 4.45. The number of amides is 1. The van der Waals surface area contributed by atoms with Crippen LogP contribution < -0.4 is 9.47 Å². The van der Waals surface area contributed by atoms with Gasteiger partial charge in [0.15, 0.2) is 0 Å². The third-order valence-electron chi connectivity index (χ3n) is 4.95. The van der Waals surface area contributed by atoms with Crippen molar-refractivity contribution < 1.29 is 14.3 Å². The largest absolute Gasteiger partial charge is 0.497 e. The Hall–Kier alpha value is -3.28. The molecule has 0 spiro atoms. The number of benzene rings is 2. The molecule has 3 aromatic rings. The normalized spacial score (nSPS) is 15.7. The van der Waals surface area contributed by atoms with Crippen LogP contribution in [0.5, 0.6) is 11.5 Å². The number of rotatable bonds is 5. The van der Waals surface area contributed by atoms with Gasteiger partial charge in [-0.3, -0.25) is 4.79 Å². The molecule has 0 saturated carbocycles. The van der Waals surface area contributed by atoms with Crippen LogP contribution in [0.4, 0.5) is 0 Å². The maximum Gasteiger partial charge on any atom is 0.258 e. The van der Waals surface area contributed by atoms with E-state index in [0.29, 0.717) is 12.1 Å². The van der Waals surface area contributed by atoms with E-state index in [1.54, 1.807) is 20.4 Å². The molecule has 1 aliphatic rings. The number of ether oxygens (including phenoxy) is 2. The molecule has 0 aliphatic carbocycles. The Morgan fingerprint density at radius 1 is 1.04 bits per heavy atom. The summed E-state index contributed by atoms with van der Waals surface area (Å²) in [5.74, 6) is 1.53. The van der Waals surface area contributed by atoms with Gasteiger partial charge >= 0.3 is 0 Å². The Balaban J connectivity index is 1.67. The van der Waals surface area contributed by atoms with Gasteiger partial charge in [0.1, 0.15) is 11.5 Å². The summed E-state index contributed by atoms with van der Waals surface area (Å²) in [5.41, 5.74) is 3.45. The average Bonchev–Trinajstić information content (AvgIpc) is 3.24. The fourth-order valence-electron chi connectivity index (χ4n) is 3.53. The van der Waals surface area contributed by atoms with Crippen LogP contribution in [0.15, 0.2) is 54.7 Å². The van der Waals surface area contributed by atoms with Crippen molar-refractivity contribution in [2.45, 2.75) is 19.5 Å². The quantitative estimate of drug-likeness (QED) is 0.695. The fraction of sp³-hybridized carbons (Fsp3) is 0.238. The monoisotopic (exact) mass is 363 g/mol. The van der Waals surface area contributed by atoms with Crippen LogP contribution in [0, 0.1) is 0 Å². The van der Waals surface area contributed by atoms with Crippen molar-refractivity contribution >= 4 is 5.91 Å². The first-order chi connectivity index (χ1) is 13.1. The highest BCUT2D eigenvalue weighted by atomic mass is 16.5. The smallest absolute Gasteiger partial charge is 0.258 e. The molecule has 2 heterocycles. The number of aromatic nitrogens is 2. The van der Waals surface area contributed by atoms with Gasteiger partial charge in [-0.1, -0.05) is 18.2 Å². The highest BCUT2D eigenvalue weighted by Crippen LogP contribution is 2.36. The lowest BCUT2D eigenvalue weighted by atomic mass is 10.1. The molecule has 6 heteroatoms. The lowest BCUT2D eigenvalue weighted by molar-refractivity contribution is 0.0718. The van der Waals surface area contributed by atoms with Crippen molar-refractivity contribution in [3.63, 3.8) is 0 Å². The molecule has 138 valence electrons. The first kappa shape index (κ1) is 17.1. The van der Waals surface area contributed by atoms with Gasteiger partial charge in [-0.05, 0) is 36.8 Å². The number of carbonyl (C=O) groups is 1. The van der Waals surface area contributed by atoms with Gasteiger partial charge < -0.3 is 14.4 Å². The lowest BCUT2D eigenvalue weighted by Gasteiger charge is -2.23. The minimum atomic E-state index is -0.0904. The molecule has 0 saturated heterocycles. The fourth-order valence-corrected chi connectivity index (χ4v) is 3.53.